The van der Waals surface area contributed by atoms with Crippen LogP contribution in [0.15, 0.2) is 71.5 Å². The number of aromatic nitrogens is 1. The fourth-order valence-electron chi connectivity index (χ4n) is 3.83. The molecular formula is C27H24ClNO6S. The molecule has 0 aliphatic carbocycles. The molecule has 7 nitrogen and oxygen atoms in total. The van der Waals surface area contributed by atoms with E-state index in [0.717, 1.165) is 27.1 Å². The Bertz CT molecular complexity index is 1440. The molecule has 0 saturated carbocycles. The molecule has 3 aromatic carbocycles. The lowest BCUT2D eigenvalue weighted by molar-refractivity contribution is -0.149. The van der Waals surface area contributed by atoms with E-state index in [2.05, 4.69) is 0 Å². The molecule has 1 atom stereocenters. The number of benzene rings is 3. The molecule has 4 rings (SSSR count). The molecule has 0 saturated heterocycles. The first-order valence-corrected chi connectivity index (χ1v) is 12.5. The predicted octanol–water partition coefficient (Wildman–Crippen LogP) is 5.06. The third-order valence-electron chi connectivity index (χ3n) is 5.59. The number of ketones is 1. The van der Waals surface area contributed by atoms with Gasteiger partial charge in [0.05, 0.1) is 16.8 Å². The lowest BCUT2D eigenvalue weighted by Gasteiger charge is -2.13. The summed E-state index contributed by atoms with van der Waals surface area (Å²) in [5.41, 5.74) is 2.54. The number of thiazole rings is 1. The van der Waals surface area contributed by atoms with Crippen molar-refractivity contribution in [2.24, 2.45) is 0 Å². The monoisotopic (exact) mass is 525 g/mol. The Balaban J connectivity index is 1.40. The second kappa shape index (κ2) is 11.5. The Morgan fingerprint density at radius 2 is 1.81 bits per heavy atom. The number of carbonyl (C=O) groups excluding carboxylic acids is 1. The van der Waals surface area contributed by atoms with Gasteiger partial charge in [0.15, 0.2) is 11.9 Å². The highest BCUT2D eigenvalue weighted by Crippen LogP contribution is 2.22. The van der Waals surface area contributed by atoms with Crippen LogP contribution in [0.5, 0.6) is 5.75 Å². The molecule has 36 heavy (non-hydrogen) atoms. The minimum absolute atomic E-state index is 0.132. The van der Waals surface area contributed by atoms with Crippen LogP contribution in [-0.2, 0) is 22.5 Å². The third-order valence-corrected chi connectivity index (χ3v) is 6.77. The van der Waals surface area contributed by atoms with Gasteiger partial charge in [-0.15, -0.1) is 0 Å². The third kappa shape index (κ3) is 6.02. The van der Waals surface area contributed by atoms with E-state index in [4.69, 9.17) is 21.1 Å². The molecule has 1 unspecified atom stereocenters. The van der Waals surface area contributed by atoms with E-state index in [-0.39, 0.29) is 23.7 Å². The van der Waals surface area contributed by atoms with Gasteiger partial charge in [-0.05, 0) is 55.0 Å². The second-order valence-electron chi connectivity index (χ2n) is 8.02. The van der Waals surface area contributed by atoms with E-state index in [9.17, 15) is 19.5 Å². The summed E-state index contributed by atoms with van der Waals surface area (Å²) in [5.74, 6) is -0.537. The van der Waals surface area contributed by atoms with Crippen LogP contribution in [0.3, 0.4) is 0 Å². The van der Waals surface area contributed by atoms with Crippen LogP contribution in [-0.4, -0.2) is 40.7 Å². The topological polar surface area (TPSA) is 94.8 Å². The van der Waals surface area contributed by atoms with Crippen LogP contribution in [0.1, 0.15) is 28.4 Å². The first kappa shape index (κ1) is 25.6. The van der Waals surface area contributed by atoms with Gasteiger partial charge in [0.1, 0.15) is 12.4 Å². The maximum Gasteiger partial charge on any atom is 0.333 e. The molecular weight excluding hydrogens is 502 g/mol. The summed E-state index contributed by atoms with van der Waals surface area (Å²) >= 11 is 7.09. The van der Waals surface area contributed by atoms with Crippen molar-refractivity contribution in [3.8, 4) is 5.75 Å². The zero-order valence-corrected chi connectivity index (χ0v) is 21.1. The van der Waals surface area contributed by atoms with Gasteiger partial charge in [0, 0.05) is 29.2 Å². The molecule has 1 heterocycles. The minimum Gasteiger partial charge on any atom is -0.492 e. The summed E-state index contributed by atoms with van der Waals surface area (Å²) in [6.07, 6.45) is -0.622. The molecule has 9 heteroatoms. The van der Waals surface area contributed by atoms with Crippen molar-refractivity contribution in [1.29, 1.82) is 0 Å². The minimum atomic E-state index is -0.994. The summed E-state index contributed by atoms with van der Waals surface area (Å²) < 4.78 is 13.4. The van der Waals surface area contributed by atoms with E-state index in [1.165, 1.54) is 0 Å². The Labute approximate surface area is 216 Å². The van der Waals surface area contributed by atoms with E-state index in [1.807, 2.05) is 0 Å². The molecule has 0 spiro atoms. The average Bonchev–Trinajstić information content (AvgIpc) is 3.18. The highest BCUT2D eigenvalue weighted by molar-refractivity contribution is 7.16. The van der Waals surface area contributed by atoms with Gasteiger partial charge in [0.25, 0.3) is 0 Å². The van der Waals surface area contributed by atoms with Gasteiger partial charge in [-0.1, -0.05) is 47.2 Å². The Hall–Kier alpha value is -3.46. The number of carboxylic acid groups (broad SMARTS) is 1. The quantitative estimate of drug-likeness (QED) is 0.275. The van der Waals surface area contributed by atoms with Gasteiger partial charge in [-0.2, -0.15) is 0 Å². The molecule has 186 valence electrons. The lowest BCUT2D eigenvalue weighted by atomic mass is 10.0. The van der Waals surface area contributed by atoms with Crippen LogP contribution >= 0.6 is 22.9 Å². The van der Waals surface area contributed by atoms with Crippen LogP contribution in [0.2, 0.25) is 5.02 Å². The first-order chi connectivity index (χ1) is 17.4. The number of aliphatic carboxylic acids is 1. The number of rotatable bonds is 11. The van der Waals surface area contributed by atoms with Gasteiger partial charge < -0.3 is 14.6 Å². The Kier molecular flexibility index (Phi) is 8.20. The standard InChI is InChI=1S/C27H24ClNO6S/c1-2-34-23(26(31)32)14-17-6-9-21(10-7-17)35-13-12-29-22-11-8-19(16-24(22)36-27(29)33)25(30)18-4-3-5-20(28)15-18/h3-11,15-16,23H,2,12-14H2,1H3,(H,31,32). The van der Waals surface area contributed by atoms with E-state index >= 15 is 0 Å². The van der Waals surface area contributed by atoms with Crippen LogP contribution in [0.4, 0.5) is 0 Å². The van der Waals surface area contributed by atoms with Crippen LogP contribution < -0.4 is 9.61 Å². The van der Waals surface area contributed by atoms with Crippen molar-refractivity contribution < 1.29 is 24.2 Å². The predicted molar refractivity (Wildman–Crippen MR) is 140 cm³/mol. The van der Waals surface area contributed by atoms with E-state index < -0.39 is 12.1 Å². The number of halogens is 1. The van der Waals surface area contributed by atoms with Gasteiger partial charge in [-0.25, -0.2) is 4.79 Å². The molecule has 1 N–H and O–H groups in total. The molecule has 1 aromatic heterocycles. The number of hydrogen-bond donors (Lipinski definition) is 1. The molecule has 0 fully saturated rings. The number of carboxylic acids is 1. The number of nitrogens with zero attached hydrogens (tertiary/aromatic N) is 1. The average molecular weight is 526 g/mol. The SMILES string of the molecule is CCOC(Cc1ccc(OCCn2c(=O)sc3cc(C(=O)c4cccc(Cl)c4)ccc32)cc1)C(=O)O. The first-order valence-electron chi connectivity index (χ1n) is 11.4. The van der Waals surface area contributed by atoms with Crippen molar-refractivity contribution >= 4 is 44.9 Å². The fraction of sp³-hybridized carbons (Fsp3) is 0.222. The van der Waals surface area contributed by atoms with Crippen molar-refractivity contribution in [3.63, 3.8) is 0 Å². The van der Waals surface area contributed by atoms with Crippen molar-refractivity contribution in [1.82, 2.24) is 4.57 Å². The van der Waals surface area contributed by atoms with Crippen molar-refractivity contribution in [2.75, 3.05) is 13.2 Å². The summed E-state index contributed by atoms with van der Waals surface area (Å²) in [5, 5.41) is 9.72. The maximum absolute atomic E-state index is 12.8. The van der Waals surface area contributed by atoms with E-state index in [1.54, 1.807) is 78.2 Å². The van der Waals surface area contributed by atoms with Gasteiger partial charge in [-0.3, -0.25) is 14.2 Å². The molecule has 0 aliphatic rings. The highest BCUT2D eigenvalue weighted by Gasteiger charge is 2.18. The molecule has 0 bridgehead atoms. The fourth-order valence-corrected chi connectivity index (χ4v) is 4.97. The molecule has 0 aliphatic heterocycles. The zero-order chi connectivity index (χ0) is 25.7. The van der Waals surface area contributed by atoms with Gasteiger partial charge in [0.2, 0.25) is 0 Å². The molecule has 0 amide bonds. The summed E-state index contributed by atoms with van der Waals surface area (Å²) in [7, 11) is 0. The number of carbonyl (C=O) groups is 2. The highest BCUT2D eigenvalue weighted by atomic mass is 35.5. The second-order valence-corrected chi connectivity index (χ2v) is 9.45. The zero-order valence-electron chi connectivity index (χ0n) is 19.5. The summed E-state index contributed by atoms with van der Waals surface area (Å²) in [4.78, 5) is 36.5. The summed E-state index contributed by atoms with van der Waals surface area (Å²) in [6.45, 7) is 2.70. The van der Waals surface area contributed by atoms with Crippen molar-refractivity contribution in [3.05, 3.63) is 98.1 Å². The number of hydrogen-bond acceptors (Lipinski definition) is 6. The smallest absolute Gasteiger partial charge is 0.333 e. The molecule has 4 aromatic rings. The van der Waals surface area contributed by atoms with Gasteiger partial charge >= 0.3 is 10.8 Å². The van der Waals surface area contributed by atoms with Crippen molar-refractivity contribution in [2.45, 2.75) is 26.0 Å². The maximum atomic E-state index is 12.8. The number of fused-ring (bicyclic) bond motifs is 1. The summed E-state index contributed by atoms with van der Waals surface area (Å²) in [6, 6.07) is 19.1. The normalized spacial score (nSPS) is 11.9. The van der Waals surface area contributed by atoms with Crippen LogP contribution in [0.25, 0.3) is 10.2 Å². The molecule has 0 radical (unpaired) electrons. The number of ether oxygens (including phenoxy) is 2. The lowest BCUT2D eigenvalue weighted by Crippen LogP contribution is -2.26. The van der Waals surface area contributed by atoms with E-state index in [0.29, 0.717) is 35.1 Å². The Morgan fingerprint density at radius 3 is 2.50 bits per heavy atom. The largest absolute Gasteiger partial charge is 0.492 e. The Morgan fingerprint density at radius 1 is 1.06 bits per heavy atom. The van der Waals surface area contributed by atoms with Crippen LogP contribution in [0, 0.1) is 0 Å².